The molecule has 2 rings (SSSR count). The summed E-state index contributed by atoms with van der Waals surface area (Å²) in [6.45, 7) is 0. The first-order chi connectivity index (χ1) is 8.97. The predicted octanol–water partition coefficient (Wildman–Crippen LogP) is 2.81. The highest BCUT2D eigenvalue weighted by Gasteiger charge is 2.12. The Hall–Kier alpha value is -2.83. The van der Waals surface area contributed by atoms with E-state index in [-0.39, 0.29) is 22.9 Å². The van der Waals surface area contributed by atoms with Crippen LogP contribution in [0.3, 0.4) is 0 Å². The van der Waals surface area contributed by atoms with E-state index in [0.717, 1.165) is 12.1 Å². The number of hydrogen-bond acceptors (Lipinski definition) is 5. The van der Waals surface area contributed by atoms with E-state index >= 15 is 0 Å². The molecule has 0 saturated heterocycles. The topological polar surface area (TPSA) is 98.6 Å². The zero-order chi connectivity index (χ0) is 14.0. The molecule has 2 aromatic carbocycles. The molecule has 2 aromatic rings. The molecule has 0 unspecified atom stereocenters. The van der Waals surface area contributed by atoms with Crippen LogP contribution in [-0.4, -0.2) is 10.0 Å². The van der Waals surface area contributed by atoms with Crippen molar-refractivity contribution in [2.45, 2.75) is 0 Å². The summed E-state index contributed by atoms with van der Waals surface area (Å²) in [4.78, 5) is 9.85. The molecule has 0 atom stereocenters. The van der Waals surface area contributed by atoms with Crippen LogP contribution in [-0.2, 0) is 0 Å². The molecule has 98 valence electrons. The lowest BCUT2D eigenvalue weighted by Gasteiger charge is -2.08. The molecular weight excluding hydrogens is 255 g/mol. The number of nitro benzene ring substituents is 1. The van der Waals surface area contributed by atoms with Gasteiger partial charge in [-0.3, -0.25) is 10.1 Å². The second-order valence-corrected chi connectivity index (χ2v) is 3.69. The predicted molar refractivity (Wildman–Crippen MR) is 65.6 cm³/mol. The van der Waals surface area contributed by atoms with Crippen molar-refractivity contribution in [1.29, 1.82) is 0 Å². The van der Waals surface area contributed by atoms with Gasteiger partial charge in [0.05, 0.1) is 16.7 Å². The summed E-state index contributed by atoms with van der Waals surface area (Å²) in [7, 11) is 0. The number of non-ortho nitro benzene ring substituents is 1. The molecule has 0 saturated carbocycles. The molecule has 7 heteroatoms. The Bertz CT molecular complexity index is 646. The van der Waals surface area contributed by atoms with Gasteiger partial charge in [-0.25, -0.2) is 4.39 Å². The first-order valence-corrected chi connectivity index (χ1v) is 5.17. The number of phenols is 1. The summed E-state index contributed by atoms with van der Waals surface area (Å²) in [5.41, 5.74) is 5.01. The number of rotatable bonds is 3. The molecule has 0 aliphatic carbocycles. The summed E-state index contributed by atoms with van der Waals surface area (Å²) in [5, 5.41) is 20.1. The Kier molecular flexibility index (Phi) is 3.19. The van der Waals surface area contributed by atoms with E-state index in [0.29, 0.717) is 0 Å². The molecule has 0 aliphatic heterocycles. The van der Waals surface area contributed by atoms with Crippen molar-refractivity contribution in [2.75, 3.05) is 5.73 Å². The molecule has 0 bridgehead atoms. The summed E-state index contributed by atoms with van der Waals surface area (Å²) in [5.74, 6) is -0.962. The van der Waals surface area contributed by atoms with Gasteiger partial charge in [-0.1, -0.05) is 0 Å². The molecule has 6 nitrogen and oxygen atoms in total. The third-order valence-electron chi connectivity index (χ3n) is 2.35. The van der Waals surface area contributed by atoms with Crippen LogP contribution in [0.5, 0.6) is 17.2 Å². The minimum absolute atomic E-state index is 0.0187. The van der Waals surface area contributed by atoms with E-state index in [4.69, 9.17) is 10.5 Å². The number of phenolic OH excluding ortho intramolecular Hbond substituents is 1. The number of hydrogen-bond donors (Lipinski definition) is 2. The first-order valence-electron chi connectivity index (χ1n) is 5.17. The molecule has 0 radical (unpaired) electrons. The minimum atomic E-state index is -0.654. The van der Waals surface area contributed by atoms with E-state index in [1.807, 2.05) is 0 Å². The summed E-state index contributed by atoms with van der Waals surface area (Å²) < 4.78 is 18.4. The monoisotopic (exact) mass is 264 g/mol. The van der Waals surface area contributed by atoms with Crippen molar-refractivity contribution < 1.29 is 19.2 Å². The van der Waals surface area contributed by atoms with Crippen LogP contribution in [0.15, 0.2) is 36.4 Å². The van der Waals surface area contributed by atoms with Gasteiger partial charge in [0.2, 0.25) is 0 Å². The van der Waals surface area contributed by atoms with Crippen LogP contribution in [0.4, 0.5) is 15.8 Å². The fraction of sp³-hybridized carbons (Fsp3) is 0. The van der Waals surface area contributed by atoms with Gasteiger partial charge in [0.15, 0.2) is 11.5 Å². The number of nitrogen functional groups attached to an aromatic ring is 1. The van der Waals surface area contributed by atoms with Crippen LogP contribution >= 0.6 is 0 Å². The Morgan fingerprint density at radius 3 is 2.58 bits per heavy atom. The normalized spacial score (nSPS) is 10.2. The van der Waals surface area contributed by atoms with Gasteiger partial charge < -0.3 is 15.6 Å². The Balaban J connectivity index is 2.28. The van der Waals surface area contributed by atoms with Crippen molar-refractivity contribution in [3.05, 3.63) is 52.3 Å². The zero-order valence-corrected chi connectivity index (χ0v) is 9.54. The number of halogens is 1. The van der Waals surface area contributed by atoms with Gasteiger partial charge in [0.1, 0.15) is 11.6 Å². The molecule has 3 N–H and O–H groups in total. The van der Waals surface area contributed by atoms with Gasteiger partial charge in [0.25, 0.3) is 5.69 Å². The van der Waals surface area contributed by atoms with Crippen molar-refractivity contribution in [1.82, 2.24) is 0 Å². The SMILES string of the molecule is Nc1ccc(Oc2ccc([N+](=O)[O-])cc2O)cc1F. The van der Waals surface area contributed by atoms with E-state index in [1.165, 1.54) is 24.3 Å². The third kappa shape index (κ3) is 2.71. The number of nitrogens with zero attached hydrogens (tertiary/aromatic N) is 1. The summed E-state index contributed by atoms with van der Waals surface area (Å²) >= 11 is 0. The highest BCUT2D eigenvalue weighted by Crippen LogP contribution is 2.34. The lowest BCUT2D eigenvalue weighted by atomic mass is 10.2. The van der Waals surface area contributed by atoms with Gasteiger partial charge >= 0.3 is 0 Å². The van der Waals surface area contributed by atoms with Crippen LogP contribution in [0.1, 0.15) is 0 Å². The second kappa shape index (κ2) is 4.81. The van der Waals surface area contributed by atoms with Crippen molar-refractivity contribution in [3.8, 4) is 17.2 Å². The molecule has 0 amide bonds. The largest absolute Gasteiger partial charge is 0.504 e. The highest BCUT2D eigenvalue weighted by atomic mass is 19.1. The van der Waals surface area contributed by atoms with Crippen molar-refractivity contribution >= 4 is 11.4 Å². The fourth-order valence-corrected chi connectivity index (χ4v) is 1.40. The Labute approximate surface area is 107 Å². The van der Waals surface area contributed by atoms with Crippen LogP contribution in [0.2, 0.25) is 0 Å². The maximum absolute atomic E-state index is 13.2. The summed E-state index contributed by atoms with van der Waals surface area (Å²) in [6, 6.07) is 7.12. The molecule has 0 heterocycles. The van der Waals surface area contributed by atoms with Crippen LogP contribution in [0.25, 0.3) is 0 Å². The number of anilines is 1. The van der Waals surface area contributed by atoms with E-state index in [2.05, 4.69) is 0 Å². The number of benzene rings is 2. The maximum Gasteiger partial charge on any atom is 0.273 e. The average Bonchev–Trinajstić information content (AvgIpc) is 2.36. The molecule has 0 aromatic heterocycles. The molecule has 19 heavy (non-hydrogen) atoms. The third-order valence-corrected chi connectivity index (χ3v) is 2.35. The number of ether oxygens (including phenoxy) is 1. The number of nitrogens with two attached hydrogens (primary N) is 1. The highest BCUT2D eigenvalue weighted by molar-refractivity contribution is 5.50. The van der Waals surface area contributed by atoms with Gasteiger partial charge in [-0.15, -0.1) is 0 Å². The Morgan fingerprint density at radius 2 is 2.00 bits per heavy atom. The molecule has 0 aliphatic rings. The van der Waals surface area contributed by atoms with Crippen molar-refractivity contribution in [3.63, 3.8) is 0 Å². The summed E-state index contributed by atoms with van der Waals surface area (Å²) in [6.07, 6.45) is 0. The zero-order valence-electron chi connectivity index (χ0n) is 9.54. The fourth-order valence-electron chi connectivity index (χ4n) is 1.40. The number of aromatic hydroxyl groups is 1. The lowest BCUT2D eigenvalue weighted by molar-refractivity contribution is -0.384. The molecule has 0 spiro atoms. The Morgan fingerprint density at radius 1 is 1.26 bits per heavy atom. The van der Waals surface area contributed by atoms with Crippen LogP contribution < -0.4 is 10.5 Å². The minimum Gasteiger partial charge on any atom is -0.504 e. The van der Waals surface area contributed by atoms with Gasteiger partial charge in [0, 0.05) is 12.1 Å². The standard InChI is InChI=1S/C12H9FN2O4/c13-9-6-8(2-3-10(9)14)19-12-4-1-7(15(17)18)5-11(12)16/h1-6,16H,14H2. The van der Waals surface area contributed by atoms with Gasteiger partial charge in [-0.05, 0) is 18.2 Å². The lowest BCUT2D eigenvalue weighted by Crippen LogP contribution is -1.92. The number of nitro groups is 1. The second-order valence-electron chi connectivity index (χ2n) is 3.69. The van der Waals surface area contributed by atoms with E-state index in [9.17, 15) is 19.6 Å². The molecule has 0 fully saturated rings. The quantitative estimate of drug-likeness (QED) is 0.504. The van der Waals surface area contributed by atoms with E-state index < -0.39 is 16.5 Å². The average molecular weight is 264 g/mol. The van der Waals surface area contributed by atoms with E-state index in [1.54, 1.807) is 0 Å². The smallest absolute Gasteiger partial charge is 0.273 e. The van der Waals surface area contributed by atoms with Crippen LogP contribution in [0, 0.1) is 15.9 Å². The maximum atomic E-state index is 13.2. The first kappa shape index (κ1) is 12.6. The van der Waals surface area contributed by atoms with Gasteiger partial charge in [-0.2, -0.15) is 0 Å². The molecular formula is C12H9FN2O4. The van der Waals surface area contributed by atoms with Crippen molar-refractivity contribution in [2.24, 2.45) is 0 Å².